The summed E-state index contributed by atoms with van der Waals surface area (Å²) in [7, 11) is 0. The molecule has 2 aromatic heterocycles. The third kappa shape index (κ3) is 3.74. The molecule has 2 fully saturated rings. The van der Waals surface area contributed by atoms with Crippen LogP contribution in [0.15, 0.2) is 36.5 Å². The van der Waals surface area contributed by atoms with Crippen molar-refractivity contribution in [3.05, 3.63) is 42.4 Å². The number of hydrogen-bond acceptors (Lipinski definition) is 5. The number of carbonyl (C=O) groups is 1. The number of aromatic nitrogens is 3. The van der Waals surface area contributed by atoms with E-state index in [1.165, 1.54) is 12.8 Å². The van der Waals surface area contributed by atoms with Crippen LogP contribution in [0.1, 0.15) is 37.4 Å². The Morgan fingerprint density at radius 3 is 2.88 bits per heavy atom. The van der Waals surface area contributed by atoms with Gasteiger partial charge in [-0.1, -0.05) is 0 Å². The summed E-state index contributed by atoms with van der Waals surface area (Å²) in [5.74, 6) is 3.50. The van der Waals surface area contributed by atoms with E-state index in [4.69, 9.17) is 14.5 Å². The average Bonchev–Trinajstić information content (AvgIpc) is 3.61. The third-order valence-electron chi connectivity index (χ3n) is 6.52. The molecule has 1 saturated carbocycles. The molecule has 3 aromatic rings. The maximum absolute atomic E-state index is 13.0. The normalized spacial score (nSPS) is 20.4. The first kappa shape index (κ1) is 19.4. The van der Waals surface area contributed by atoms with Crippen molar-refractivity contribution in [2.24, 2.45) is 5.92 Å². The topological polar surface area (TPSA) is 81.5 Å². The largest absolute Gasteiger partial charge is 0.486 e. The van der Waals surface area contributed by atoms with Crippen molar-refractivity contribution in [3.63, 3.8) is 0 Å². The van der Waals surface area contributed by atoms with Crippen molar-refractivity contribution in [2.75, 3.05) is 31.6 Å². The van der Waals surface area contributed by atoms with Crippen LogP contribution in [0.2, 0.25) is 0 Å². The summed E-state index contributed by atoms with van der Waals surface area (Å²) in [6.45, 7) is 3.43. The minimum Gasteiger partial charge on any atom is -0.486 e. The first-order valence-corrected chi connectivity index (χ1v) is 11.5. The highest BCUT2D eigenvalue weighted by Gasteiger charge is 2.32. The van der Waals surface area contributed by atoms with Crippen LogP contribution in [0, 0.1) is 5.92 Å². The monoisotopic (exact) mass is 433 g/mol. The number of nitrogens with zero attached hydrogens (tertiary/aromatic N) is 4. The average molecular weight is 434 g/mol. The summed E-state index contributed by atoms with van der Waals surface area (Å²) in [5, 5.41) is 3.03. The molecular weight excluding hydrogens is 406 g/mol. The number of hydrogen-bond donors (Lipinski definition) is 1. The molecule has 6 rings (SSSR count). The van der Waals surface area contributed by atoms with Crippen LogP contribution in [0.25, 0.3) is 11.2 Å². The number of likely N-dealkylation sites (tertiary alicyclic amines) is 1. The summed E-state index contributed by atoms with van der Waals surface area (Å²) >= 11 is 0. The van der Waals surface area contributed by atoms with Crippen molar-refractivity contribution >= 4 is 22.9 Å². The van der Waals surface area contributed by atoms with E-state index in [0.717, 1.165) is 60.9 Å². The van der Waals surface area contributed by atoms with E-state index in [1.807, 2.05) is 41.4 Å². The Morgan fingerprint density at radius 2 is 2.00 bits per heavy atom. The van der Waals surface area contributed by atoms with Gasteiger partial charge in [-0.3, -0.25) is 0 Å². The van der Waals surface area contributed by atoms with E-state index in [2.05, 4.69) is 14.9 Å². The fraction of sp³-hybridized carbons (Fsp3) is 0.458. The summed E-state index contributed by atoms with van der Waals surface area (Å²) in [4.78, 5) is 24.4. The molecule has 1 saturated heterocycles. The molecule has 2 aliphatic heterocycles. The molecule has 1 atom stereocenters. The molecule has 3 aliphatic rings. The van der Waals surface area contributed by atoms with Gasteiger partial charge in [0.05, 0.1) is 0 Å². The SMILES string of the molecule is O=C(Nc1ccc2c(c1)OCCO2)N1CCCC(Cn2c(C3CC3)nc3cccnc32)C1. The van der Waals surface area contributed by atoms with Gasteiger partial charge in [-0.25, -0.2) is 14.8 Å². The van der Waals surface area contributed by atoms with E-state index in [1.54, 1.807) is 0 Å². The smallest absolute Gasteiger partial charge is 0.321 e. The number of nitrogens with one attached hydrogen (secondary N) is 1. The number of imidazole rings is 1. The highest BCUT2D eigenvalue weighted by Crippen LogP contribution is 2.41. The lowest BCUT2D eigenvalue weighted by Gasteiger charge is -2.33. The molecule has 0 spiro atoms. The van der Waals surface area contributed by atoms with Crippen molar-refractivity contribution in [1.82, 2.24) is 19.4 Å². The first-order chi connectivity index (χ1) is 15.7. The van der Waals surface area contributed by atoms with Gasteiger partial charge in [-0.15, -0.1) is 0 Å². The standard InChI is InChI=1S/C24H27N5O3/c30-24(26-18-7-8-20-21(13-18)32-12-11-31-20)28-10-2-3-16(14-28)15-29-22(17-5-6-17)27-19-4-1-9-25-23(19)29/h1,4,7-9,13,16-17H,2-3,5-6,10-12,14-15H2,(H,26,30). The van der Waals surface area contributed by atoms with Gasteiger partial charge in [-0.05, 0) is 55.9 Å². The van der Waals surface area contributed by atoms with Gasteiger partial charge >= 0.3 is 6.03 Å². The fourth-order valence-electron chi connectivity index (χ4n) is 4.79. The number of benzene rings is 1. The van der Waals surface area contributed by atoms with Gasteiger partial charge < -0.3 is 24.3 Å². The number of anilines is 1. The second-order valence-corrected chi connectivity index (χ2v) is 8.94. The maximum atomic E-state index is 13.0. The second kappa shape index (κ2) is 8.00. The van der Waals surface area contributed by atoms with Crippen LogP contribution < -0.4 is 14.8 Å². The summed E-state index contributed by atoms with van der Waals surface area (Å²) in [6.07, 6.45) is 6.35. The Hall–Kier alpha value is -3.29. The number of amides is 2. The first-order valence-electron chi connectivity index (χ1n) is 11.5. The number of fused-ring (bicyclic) bond motifs is 2. The van der Waals surface area contributed by atoms with Crippen LogP contribution in [0.5, 0.6) is 11.5 Å². The predicted molar refractivity (Wildman–Crippen MR) is 120 cm³/mol. The number of ether oxygens (including phenoxy) is 2. The molecule has 4 heterocycles. The molecule has 32 heavy (non-hydrogen) atoms. The molecule has 1 aromatic carbocycles. The molecule has 166 valence electrons. The number of pyridine rings is 1. The quantitative estimate of drug-likeness (QED) is 0.672. The van der Waals surface area contributed by atoms with Crippen molar-refractivity contribution in [3.8, 4) is 11.5 Å². The molecule has 2 amide bonds. The van der Waals surface area contributed by atoms with Crippen LogP contribution in [-0.2, 0) is 6.54 Å². The molecule has 1 unspecified atom stereocenters. The van der Waals surface area contributed by atoms with E-state index in [9.17, 15) is 4.79 Å². The van der Waals surface area contributed by atoms with Gasteiger partial charge in [0, 0.05) is 43.5 Å². The van der Waals surface area contributed by atoms with Gasteiger partial charge in [-0.2, -0.15) is 0 Å². The number of piperidine rings is 1. The van der Waals surface area contributed by atoms with Crippen molar-refractivity contribution in [2.45, 2.75) is 38.1 Å². The van der Waals surface area contributed by atoms with E-state index in [0.29, 0.717) is 30.8 Å². The van der Waals surface area contributed by atoms with Gasteiger partial charge in [0.15, 0.2) is 17.1 Å². The van der Waals surface area contributed by atoms with Gasteiger partial charge in [0.2, 0.25) is 0 Å². The Labute approximate surface area is 186 Å². The highest BCUT2D eigenvalue weighted by atomic mass is 16.6. The Balaban J connectivity index is 1.15. The maximum Gasteiger partial charge on any atom is 0.321 e. The zero-order chi connectivity index (χ0) is 21.5. The minimum absolute atomic E-state index is 0.0672. The molecule has 1 aliphatic carbocycles. The van der Waals surface area contributed by atoms with Crippen LogP contribution >= 0.6 is 0 Å². The lowest BCUT2D eigenvalue weighted by molar-refractivity contribution is 0.169. The number of rotatable bonds is 4. The number of urea groups is 1. The van der Waals surface area contributed by atoms with Crippen LogP contribution in [0.3, 0.4) is 0 Å². The van der Waals surface area contributed by atoms with Crippen LogP contribution in [-0.4, -0.2) is 51.8 Å². The Kier molecular flexibility index (Phi) is 4.85. The molecule has 8 heteroatoms. The molecule has 1 N–H and O–H groups in total. The molecule has 8 nitrogen and oxygen atoms in total. The second-order valence-electron chi connectivity index (χ2n) is 8.94. The minimum atomic E-state index is -0.0672. The van der Waals surface area contributed by atoms with E-state index >= 15 is 0 Å². The number of carbonyl (C=O) groups excluding carboxylic acids is 1. The van der Waals surface area contributed by atoms with Crippen molar-refractivity contribution < 1.29 is 14.3 Å². The summed E-state index contributed by atoms with van der Waals surface area (Å²) < 4.78 is 13.5. The van der Waals surface area contributed by atoms with Gasteiger partial charge in [0.25, 0.3) is 0 Å². The highest BCUT2D eigenvalue weighted by molar-refractivity contribution is 5.89. The Bertz CT molecular complexity index is 1160. The Morgan fingerprint density at radius 1 is 1.12 bits per heavy atom. The predicted octanol–water partition coefficient (Wildman–Crippen LogP) is 4.02. The van der Waals surface area contributed by atoms with Gasteiger partial charge in [0.1, 0.15) is 24.6 Å². The molecular formula is C24H27N5O3. The van der Waals surface area contributed by atoms with Crippen LogP contribution in [0.4, 0.5) is 10.5 Å². The summed E-state index contributed by atoms with van der Waals surface area (Å²) in [5.41, 5.74) is 2.66. The molecule has 0 radical (unpaired) electrons. The van der Waals surface area contributed by atoms with E-state index < -0.39 is 0 Å². The van der Waals surface area contributed by atoms with E-state index in [-0.39, 0.29) is 6.03 Å². The summed E-state index contributed by atoms with van der Waals surface area (Å²) in [6, 6.07) is 9.46. The lowest BCUT2D eigenvalue weighted by Crippen LogP contribution is -2.43. The zero-order valence-corrected chi connectivity index (χ0v) is 18.0. The zero-order valence-electron chi connectivity index (χ0n) is 18.0. The van der Waals surface area contributed by atoms with Crippen molar-refractivity contribution in [1.29, 1.82) is 0 Å². The molecule has 0 bridgehead atoms. The fourth-order valence-corrected chi connectivity index (χ4v) is 4.79. The third-order valence-corrected chi connectivity index (χ3v) is 6.52. The lowest BCUT2D eigenvalue weighted by atomic mass is 9.98.